The maximum atomic E-state index is 12.8. The highest BCUT2D eigenvalue weighted by atomic mass is 35.5. The normalized spacial score (nSPS) is 14.8. The van der Waals surface area contributed by atoms with Crippen LogP contribution >= 0.6 is 24.8 Å². The lowest BCUT2D eigenvalue weighted by molar-refractivity contribution is 0.0689. The van der Waals surface area contributed by atoms with Gasteiger partial charge in [0.1, 0.15) is 0 Å². The molecule has 1 fully saturated rings. The molecular weight excluding hydrogens is 345 g/mol. The van der Waals surface area contributed by atoms with Crippen molar-refractivity contribution >= 4 is 41.6 Å². The number of nitrogens with zero attached hydrogens (tertiary/aromatic N) is 2. The highest BCUT2D eigenvalue weighted by Gasteiger charge is 2.24. The molecule has 1 aromatic heterocycles. The number of carbonyl (C=O) groups excluding carboxylic acids is 1. The SMILES string of the molecule is CNCCC1CCN(C(=O)c2cccc3cccnc23)CC1.Cl.Cl. The van der Waals surface area contributed by atoms with E-state index in [2.05, 4.69) is 10.3 Å². The van der Waals surface area contributed by atoms with Gasteiger partial charge in [-0.1, -0.05) is 18.2 Å². The molecule has 1 amide bonds. The minimum atomic E-state index is 0. The molecule has 2 aromatic rings. The zero-order chi connectivity index (χ0) is 15.4. The van der Waals surface area contributed by atoms with Crippen molar-refractivity contribution < 1.29 is 4.79 Å². The second-order valence-corrected chi connectivity index (χ2v) is 6.01. The topological polar surface area (TPSA) is 45.2 Å². The number of likely N-dealkylation sites (tertiary alicyclic amines) is 1. The molecule has 0 atom stereocenters. The minimum Gasteiger partial charge on any atom is -0.339 e. The Morgan fingerprint density at radius 1 is 1.21 bits per heavy atom. The number of rotatable bonds is 4. The van der Waals surface area contributed by atoms with Crippen molar-refractivity contribution in [1.29, 1.82) is 0 Å². The Balaban J connectivity index is 0.00000144. The van der Waals surface area contributed by atoms with Crippen LogP contribution in [0.5, 0.6) is 0 Å². The largest absolute Gasteiger partial charge is 0.339 e. The van der Waals surface area contributed by atoms with E-state index < -0.39 is 0 Å². The predicted octanol–water partition coefficient (Wildman–Crippen LogP) is 3.54. The average molecular weight is 370 g/mol. The highest BCUT2D eigenvalue weighted by Crippen LogP contribution is 2.23. The summed E-state index contributed by atoms with van der Waals surface area (Å²) < 4.78 is 0. The molecule has 6 heteroatoms. The van der Waals surface area contributed by atoms with Crippen molar-refractivity contribution in [3.05, 3.63) is 42.1 Å². The standard InChI is InChI=1S/C18H23N3O.2ClH/c1-19-11-7-14-8-12-21(13-9-14)18(22)16-6-2-4-15-5-3-10-20-17(15)16;;/h2-6,10,14,19H,7-9,11-13H2,1H3;2*1H. The second kappa shape index (κ2) is 9.82. The molecule has 0 saturated carbocycles. The van der Waals surface area contributed by atoms with Crippen LogP contribution in [0.2, 0.25) is 0 Å². The fraction of sp³-hybridized carbons (Fsp3) is 0.444. The first-order chi connectivity index (χ1) is 10.8. The van der Waals surface area contributed by atoms with E-state index in [1.165, 1.54) is 6.42 Å². The van der Waals surface area contributed by atoms with Gasteiger partial charge in [-0.2, -0.15) is 0 Å². The van der Waals surface area contributed by atoms with E-state index in [9.17, 15) is 4.79 Å². The van der Waals surface area contributed by atoms with Gasteiger partial charge in [0.15, 0.2) is 0 Å². The zero-order valence-electron chi connectivity index (χ0n) is 13.9. The third-order valence-electron chi connectivity index (χ3n) is 4.57. The fourth-order valence-electron chi connectivity index (χ4n) is 3.22. The van der Waals surface area contributed by atoms with Gasteiger partial charge in [0, 0.05) is 24.7 Å². The average Bonchev–Trinajstić information content (AvgIpc) is 2.59. The summed E-state index contributed by atoms with van der Waals surface area (Å²) in [5.74, 6) is 0.860. The van der Waals surface area contributed by atoms with E-state index >= 15 is 0 Å². The number of fused-ring (bicyclic) bond motifs is 1. The Hall–Kier alpha value is -1.36. The summed E-state index contributed by atoms with van der Waals surface area (Å²) >= 11 is 0. The highest BCUT2D eigenvalue weighted by molar-refractivity contribution is 6.05. The summed E-state index contributed by atoms with van der Waals surface area (Å²) in [5.41, 5.74) is 1.54. The van der Waals surface area contributed by atoms with E-state index in [-0.39, 0.29) is 30.7 Å². The van der Waals surface area contributed by atoms with Gasteiger partial charge in [-0.15, -0.1) is 24.8 Å². The molecular formula is C18H25Cl2N3O. The third-order valence-corrected chi connectivity index (χ3v) is 4.57. The lowest BCUT2D eigenvalue weighted by Gasteiger charge is -2.32. The van der Waals surface area contributed by atoms with Crippen LogP contribution in [0.25, 0.3) is 10.9 Å². The van der Waals surface area contributed by atoms with Gasteiger partial charge in [-0.3, -0.25) is 9.78 Å². The van der Waals surface area contributed by atoms with Crippen molar-refractivity contribution in [2.45, 2.75) is 19.3 Å². The number of amides is 1. The summed E-state index contributed by atoms with van der Waals surface area (Å²) in [6, 6.07) is 9.75. The molecule has 2 heterocycles. The molecule has 1 aliphatic rings. The number of halogens is 2. The van der Waals surface area contributed by atoms with Crippen molar-refractivity contribution in [3.8, 4) is 0 Å². The molecule has 1 aliphatic heterocycles. The molecule has 3 rings (SSSR count). The van der Waals surface area contributed by atoms with Crippen LogP contribution in [0.15, 0.2) is 36.5 Å². The van der Waals surface area contributed by atoms with E-state index in [4.69, 9.17) is 0 Å². The zero-order valence-corrected chi connectivity index (χ0v) is 15.5. The van der Waals surface area contributed by atoms with Crippen molar-refractivity contribution in [2.75, 3.05) is 26.7 Å². The first kappa shape index (κ1) is 20.7. The Bertz CT molecular complexity index is 652. The molecule has 0 unspecified atom stereocenters. The Morgan fingerprint density at radius 2 is 1.92 bits per heavy atom. The van der Waals surface area contributed by atoms with Crippen molar-refractivity contribution in [3.63, 3.8) is 0 Å². The molecule has 1 N–H and O–H groups in total. The Kier molecular flexibility index (Phi) is 8.46. The quantitative estimate of drug-likeness (QED) is 0.896. The summed E-state index contributed by atoms with van der Waals surface area (Å²) in [6.07, 6.45) is 5.16. The van der Waals surface area contributed by atoms with Crippen LogP contribution in [0, 0.1) is 5.92 Å². The number of para-hydroxylation sites is 1. The molecule has 1 saturated heterocycles. The van der Waals surface area contributed by atoms with E-state index in [0.29, 0.717) is 0 Å². The van der Waals surface area contributed by atoms with Crippen LogP contribution in [0.4, 0.5) is 0 Å². The minimum absolute atomic E-state index is 0. The maximum Gasteiger partial charge on any atom is 0.256 e. The number of piperidine rings is 1. The number of pyridine rings is 1. The molecule has 0 radical (unpaired) electrons. The van der Waals surface area contributed by atoms with Crippen LogP contribution in [0.1, 0.15) is 29.6 Å². The van der Waals surface area contributed by atoms with Gasteiger partial charge in [-0.25, -0.2) is 0 Å². The summed E-state index contributed by atoms with van der Waals surface area (Å²) in [5, 5.41) is 4.23. The molecule has 1 aromatic carbocycles. The van der Waals surface area contributed by atoms with E-state index in [0.717, 1.165) is 54.9 Å². The van der Waals surface area contributed by atoms with Crippen molar-refractivity contribution in [2.24, 2.45) is 5.92 Å². The molecule has 0 spiro atoms. The second-order valence-electron chi connectivity index (χ2n) is 6.01. The molecule has 0 bridgehead atoms. The fourth-order valence-corrected chi connectivity index (χ4v) is 3.22. The van der Waals surface area contributed by atoms with Gasteiger partial charge in [-0.05, 0) is 50.9 Å². The third kappa shape index (κ3) is 4.59. The lowest BCUT2D eigenvalue weighted by Crippen LogP contribution is -2.39. The van der Waals surface area contributed by atoms with Crippen LogP contribution in [0.3, 0.4) is 0 Å². The summed E-state index contributed by atoms with van der Waals surface area (Å²) in [4.78, 5) is 19.2. The molecule has 4 nitrogen and oxygen atoms in total. The van der Waals surface area contributed by atoms with E-state index in [1.807, 2.05) is 42.3 Å². The lowest BCUT2D eigenvalue weighted by atomic mass is 9.93. The molecule has 132 valence electrons. The number of carbonyl (C=O) groups is 1. The molecule has 0 aliphatic carbocycles. The maximum absolute atomic E-state index is 12.8. The first-order valence-corrected chi connectivity index (χ1v) is 8.07. The summed E-state index contributed by atoms with van der Waals surface area (Å²) in [6.45, 7) is 2.78. The number of nitrogens with one attached hydrogen (secondary N) is 1. The van der Waals surface area contributed by atoms with Crippen molar-refractivity contribution in [1.82, 2.24) is 15.2 Å². The first-order valence-electron chi connectivity index (χ1n) is 8.07. The van der Waals surface area contributed by atoms with Crippen LogP contribution in [-0.4, -0.2) is 42.5 Å². The van der Waals surface area contributed by atoms with Crippen LogP contribution < -0.4 is 5.32 Å². The number of hydrogen-bond acceptors (Lipinski definition) is 3. The number of benzene rings is 1. The van der Waals surface area contributed by atoms with Gasteiger partial charge >= 0.3 is 0 Å². The smallest absolute Gasteiger partial charge is 0.256 e. The monoisotopic (exact) mass is 369 g/mol. The molecule has 24 heavy (non-hydrogen) atoms. The van der Waals surface area contributed by atoms with E-state index in [1.54, 1.807) is 6.20 Å². The Morgan fingerprint density at radius 3 is 2.62 bits per heavy atom. The van der Waals surface area contributed by atoms with Gasteiger partial charge in [0.2, 0.25) is 0 Å². The van der Waals surface area contributed by atoms with Crippen LogP contribution in [-0.2, 0) is 0 Å². The van der Waals surface area contributed by atoms with Gasteiger partial charge < -0.3 is 10.2 Å². The van der Waals surface area contributed by atoms with Gasteiger partial charge in [0.25, 0.3) is 5.91 Å². The Labute approximate surface area is 155 Å². The number of hydrogen-bond donors (Lipinski definition) is 1. The predicted molar refractivity (Wildman–Crippen MR) is 103 cm³/mol. The van der Waals surface area contributed by atoms with Gasteiger partial charge in [0.05, 0.1) is 11.1 Å². The summed E-state index contributed by atoms with van der Waals surface area (Å²) in [7, 11) is 1.99. The number of aromatic nitrogens is 1.